The number of hydrogen-bond donors (Lipinski definition) is 1. The molecule has 0 aliphatic heterocycles. The molecule has 1 unspecified atom stereocenters. The van der Waals surface area contributed by atoms with E-state index < -0.39 is 5.97 Å². The lowest BCUT2D eigenvalue weighted by molar-refractivity contribution is -0.113. The summed E-state index contributed by atoms with van der Waals surface area (Å²) in [4.78, 5) is 26.0. The van der Waals surface area contributed by atoms with Crippen LogP contribution in [0.25, 0.3) is 0 Å². The topological polar surface area (TPSA) is 95.3 Å². The van der Waals surface area contributed by atoms with Gasteiger partial charge in [-0.3, -0.25) is 9.36 Å². The summed E-state index contributed by atoms with van der Waals surface area (Å²) >= 11 is 2.64. The fourth-order valence-corrected chi connectivity index (χ4v) is 5.30. The second-order valence-corrected chi connectivity index (χ2v) is 10.2. The Morgan fingerprint density at radius 1 is 1.25 bits per heavy atom. The summed E-state index contributed by atoms with van der Waals surface area (Å²) in [5, 5.41) is 12.6. The normalized spacial score (nSPS) is 11.7. The van der Waals surface area contributed by atoms with Gasteiger partial charge in [0.25, 0.3) is 0 Å². The predicted octanol–water partition coefficient (Wildman–Crippen LogP) is 5.75. The summed E-state index contributed by atoms with van der Waals surface area (Å²) in [6.45, 7) is 14.3. The van der Waals surface area contributed by atoms with Crippen LogP contribution in [0.15, 0.2) is 42.1 Å². The molecule has 3 aromatic rings. The first-order chi connectivity index (χ1) is 17.3. The van der Waals surface area contributed by atoms with E-state index in [1.54, 1.807) is 19.1 Å². The average Bonchev–Trinajstić information content (AvgIpc) is 3.44. The lowest BCUT2D eigenvalue weighted by atomic mass is 10.1. The van der Waals surface area contributed by atoms with Crippen LogP contribution in [-0.2, 0) is 22.5 Å². The largest absolute Gasteiger partial charge is 0.482 e. The summed E-state index contributed by atoms with van der Waals surface area (Å²) in [5.74, 6) is 0.847. The molecule has 2 aromatic heterocycles. The first kappa shape index (κ1) is 27.5. The summed E-state index contributed by atoms with van der Waals surface area (Å²) in [7, 11) is 0. The minimum absolute atomic E-state index is 0.100. The number of ether oxygens (including phenoxy) is 2. The predicted molar refractivity (Wildman–Crippen MR) is 144 cm³/mol. The van der Waals surface area contributed by atoms with Crippen molar-refractivity contribution in [2.75, 3.05) is 17.7 Å². The third-order valence-corrected chi connectivity index (χ3v) is 7.43. The highest BCUT2D eigenvalue weighted by Crippen LogP contribution is 2.30. The number of carbonyl (C=O) groups excluding carboxylic acids is 2. The monoisotopic (exact) mass is 528 g/mol. The standard InChI is InChI=1S/C26H32N4O4S2/c1-7-12-30-23(18(6)34-21-11-10-16(4)13-17(21)5)28-29-26(30)35-15-22(31)27-24-20(25(32)33-9-3)14-19(8-2)36-24/h7,10-11,13-14,18H,1,8-9,12,15H2,2-6H3,(H,27,31). The second kappa shape index (κ2) is 12.7. The summed E-state index contributed by atoms with van der Waals surface area (Å²) in [6.07, 6.45) is 2.16. The molecule has 1 N–H and O–H groups in total. The number of allylic oxidation sites excluding steroid dienone is 1. The Hall–Kier alpha value is -3.11. The van der Waals surface area contributed by atoms with Crippen LogP contribution in [0.4, 0.5) is 5.00 Å². The molecule has 36 heavy (non-hydrogen) atoms. The molecule has 0 bridgehead atoms. The summed E-state index contributed by atoms with van der Waals surface area (Å²) in [5.41, 5.74) is 2.60. The van der Waals surface area contributed by atoms with Gasteiger partial charge in [-0.15, -0.1) is 28.1 Å². The molecule has 1 atom stereocenters. The van der Waals surface area contributed by atoms with Gasteiger partial charge in [0, 0.05) is 11.4 Å². The van der Waals surface area contributed by atoms with Gasteiger partial charge in [0.15, 0.2) is 17.1 Å². The van der Waals surface area contributed by atoms with Crippen LogP contribution < -0.4 is 10.1 Å². The lowest BCUT2D eigenvalue weighted by Gasteiger charge is -2.17. The minimum Gasteiger partial charge on any atom is -0.482 e. The number of thioether (sulfide) groups is 1. The van der Waals surface area contributed by atoms with Crippen molar-refractivity contribution in [1.82, 2.24) is 14.8 Å². The number of hydrogen-bond acceptors (Lipinski definition) is 8. The van der Waals surface area contributed by atoms with E-state index in [1.807, 2.05) is 44.4 Å². The van der Waals surface area contributed by atoms with E-state index in [9.17, 15) is 9.59 Å². The zero-order valence-electron chi connectivity index (χ0n) is 21.3. The molecule has 3 rings (SSSR count). The molecule has 0 aliphatic carbocycles. The third-order valence-electron chi connectivity index (χ3n) is 5.27. The molecule has 0 saturated heterocycles. The van der Waals surface area contributed by atoms with Crippen LogP contribution in [-0.4, -0.2) is 39.0 Å². The van der Waals surface area contributed by atoms with Gasteiger partial charge in [-0.25, -0.2) is 4.79 Å². The molecule has 1 amide bonds. The number of aromatic nitrogens is 3. The van der Waals surface area contributed by atoms with E-state index in [0.29, 0.717) is 28.1 Å². The smallest absolute Gasteiger partial charge is 0.341 e. The number of amides is 1. The van der Waals surface area contributed by atoms with Gasteiger partial charge in [-0.2, -0.15) is 0 Å². The SMILES string of the molecule is C=CCn1c(SCC(=O)Nc2sc(CC)cc2C(=O)OCC)nnc1C(C)Oc1ccc(C)cc1C. The first-order valence-electron chi connectivity index (χ1n) is 11.8. The van der Waals surface area contributed by atoms with E-state index in [-0.39, 0.29) is 24.4 Å². The van der Waals surface area contributed by atoms with Crippen molar-refractivity contribution in [3.8, 4) is 5.75 Å². The molecule has 192 valence electrons. The van der Waals surface area contributed by atoms with Crippen LogP contribution >= 0.6 is 23.1 Å². The molecule has 10 heteroatoms. The molecular weight excluding hydrogens is 496 g/mol. The highest BCUT2D eigenvalue weighted by molar-refractivity contribution is 7.99. The fraction of sp³-hybridized carbons (Fsp3) is 0.385. The van der Waals surface area contributed by atoms with Crippen molar-refractivity contribution < 1.29 is 19.1 Å². The van der Waals surface area contributed by atoms with Crippen LogP contribution in [0.1, 0.15) is 59.1 Å². The van der Waals surface area contributed by atoms with Gasteiger partial charge in [0.2, 0.25) is 5.91 Å². The number of carbonyl (C=O) groups is 2. The highest BCUT2D eigenvalue weighted by Gasteiger charge is 2.22. The number of aryl methyl sites for hydroxylation is 3. The number of anilines is 1. The van der Waals surface area contributed by atoms with E-state index in [0.717, 1.165) is 22.6 Å². The maximum Gasteiger partial charge on any atom is 0.341 e. The maximum atomic E-state index is 12.8. The molecule has 2 heterocycles. The van der Waals surface area contributed by atoms with Gasteiger partial charge in [-0.05, 0) is 51.8 Å². The van der Waals surface area contributed by atoms with Crippen molar-refractivity contribution >= 4 is 40.0 Å². The third kappa shape index (κ3) is 6.76. The van der Waals surface area contributed by atoms with Crippen molar-refractivity contribution in [2.24, 2.45) is 0 Å². The molecular formula is C26H32N4O4S2. The fourth-order valence-electron chi connectivity index (χ4n) is 3.55. The number of esters is 1. The van der Waals surface area contributed by atoms with Crippen LogP contribution in [0.5, 0.6) is 5.75 Å². The number of benzene rings is 1. The van der Waals surface area contributed by atoms with E-state index in [4.69, 9.17) is 9.47 Å². The second-order valence-electron chi connectivity index (χ2n) is 8.14. The Labute approximate surface area is 220 Å². The van der Waals surface area contributed by atoms with Crippen molar-refractivity contribution in [3.63, 3.8) is 0 Å². The Balaban J connectivity index is 1.70. The van der Waals surface area contributed by atoms with E-state index >= 15 is 0 Å². The van der Waals surface area contributed by atoms with Crippen LogP contribution in [0.2, 0.25) is 0 Å². The molecule has 0 saturated carbocycles. The van der Waals surface area contributed by atoms with Crippen LogP contribution in [0, 0.1) is 13.8 Å². The molecule has 1 aromatic carbocycles. The van der Waals surface area contributed by atoms with Crippen molar-refractivity contribution in [3.05, 3.63) is 64.3 Å². The minimum atomic E-state index is -0.440. The van der Waals surface area contributed by atoms with Gasteiger partial charge >= 0.3 is 5.97 Å². The maximum absolute atomic E-state index is 12.8. The Bertz CT molecular complexity index is 1230. The first-order valence-corrected chi connectivity index (χ1v) is 13.6. The molecule has 0 radical (unpaired) electrons. The van der Waals surface area contributed by atoms with Crippen molar-refractivity contribution in [1.29, 1.82) is 0 Å². The van der Waals surface area contributed by atoms with Gasteiger partial charge in [0.05, 0.1) is 17.9 Å². The van der Waals surface area contributed by atoms with Crippen molar-refractivity contribution in [2.45, 2.75) is 58.8 Å². The zero-order valence-corrected chi connectivity index (χ0v) is 22.9. The Morgan fingerprint density at radius 3 is 2.69 bits per heavy atom. The molecule has 0 spiro atoms. The van der Waals surface area contributed by atoms with Gasteiger partial charge < -0.3 is 14.8 Å². The highest BCUT2D eigenvalue weighted by atomic mass is 32.2. The van der Waals surface area contributed by atoms with E-state index in [1.165, 1.54) is 28.7 Å². The van der Waals surface area contributed by atoms with Gasteiger partial charge in [0.1, 0.15) is 10.8 Å². The summed E-state index contributed by atoms with van der Waals surface area (Å²) in [6, 6.07) is 7.80. The van der Waals surface area contributed by atoms with Gasteiger partial charge in [-0.1, -0.05) is 42.5 Å². The summed E-state index contributed by atoms with van der Waals surface area (Å²) < 4.78 is 13.2. The molecule has 8 nitrogen and oxygen atoms in total. The molecule has 0 fully saturated rings. The quantitative estimate of drug-likeness (QED) is 0.182. The van der Waals surface area contributed by atoms with Crippen LogP contribution in [0.3, 0.4) is 0 Å². The number of nitrogens with one attached hydrogen (secondary N) is 1. The molecule has 0 aliphatic rings. The number of thiophene rings is 1. The average molecular weight is 529 g/mol. The lowest BCUT2D eigenvalue weighted by Crippen LogP contribution is -2.17. The number of nitrogens with zero attached hydrogens (tertiary/aromatic N) is 3. The Morgan fingerprint density at radius 2 is 2.03 bits per heavy atom. The number of rotatable bonds is 12. The Kier molecular flexibility index (Phi) is 9.72. The zero-order chi connectivity index (χ0) is 26.2. The van der Waals surface area contributed by atoms with E-state index in [2.05, 4.69) is 28.2 Å².